The van der Waals surface area contributed by atoms with Gasteiger partial charge >= 0.3 is 0 Å². The molecule has 0 aromatic heterocycles. The van der Waals surface area contributed by atoms with Crippen LogP contribution in [0.1, 0.15) is 19.3 Å². The Hall–Kier alpha value is -0.180. The van der Waals surface area contributed by atoms with E-state index in [1.807, 2.05) is 0 Å². The molecule has 2 aliphatic rings. The molecule has 0 N–H and O–H groups in total. The van der Waals surface area contributed by atoms with Crippen molar-refractivity contribution in [2.75, 3.05) is 72.5 Å². The van der Waals surface area contributed by atoms with Gasteiger partial charge in [0.2, 0.25) is 10.3 Å². The second kappa shape index (κ2) is 10.7. The molecule has 0 aromatic carbocycles. The van der Waals surface area contributed by atoms with Gasteiger partial charge in [0.1, 0.15) is 0 Å². The van der Waals surface area contributed by atoms with E-state index in [4.69, 9.17) is 11.6 Å². The smallest absolute Gasteiger partial charge is 0.209 e. The van der Waals surface area contributed by atoms with Crippen LogP contribution in [0.15, 0.2) is 0 Å². The van der Waals surface area contributed by atoms with Gasteiger partial charge in [0, 0.05) is 57.7 Å². The molecule has 2 fully saturated rings. The summed E-state index contributed by atoms with van der Waals surface area (Å²) in [5, 5.41) is 1.36. The lowest BCUT2D eigenvalue weighted by Gasteiger charge is -2.37. The maximum Gasteiger partial charge on any atom is 0.209 e. The molecule has 0 aromatic rings. The van der Waals surface area contributed by atoms with Gasteiger partial charge in [0.05, 0.1) is 5.50 Å². The predicted molar refractivity (Wildman–Crippen MR) is 100 cm³/mol. The van der Waals surface area contributed by atoms with Gasteiger partial charge in [0.15, 0.2) is 0 Å². The highest BCUT2D eigenvalue weighted by atomic mass is 35.5. The lowest BCUT2D eigenvalue weighted by atomic mass is 10.2. The first kappa shape index (κ1) is 20.1. The Morgan fingerprint density at radius 3 is 2.54 bits per heavy atom. The van der Waals surface area contributed by atoms with Crippen molar-refractivity contribution in [3.8, 4) is 0 Å². The van der Waals surface area contributed by atoms with E-state index in [0.29, 0.717) is 6.42 Å². The van der Waals surface area contributed by atoms with E-state index in [1.54, 1.807) is 0 Å². The van der Waals surface area contributed by atoms with Crippen LogP contribution in [-0.2, 0) is 10.3 Å². The topological polar surface area (TPSA) is 47.1 Å². The van der Waals surface area contributed by atoms with E-state index in [1.165, 1.54) is 11.8 Å². The molecule has 24 heavy (non-hydrogen) atoms. The summed E-state index contributed by atoms with van der Waals surface area (Å²) in [6.07, 6.45) is 2.70. The normalized spacial score (nSPS) is 31.5. The van der Waals surface area contributed by atoms with Crippen LogP contribution < -0.4 is 0 Å². The Kier molecular flexibility index (Phi) is 9.00. The number of hydrogen-bond donors (Lipinski definition) is 0. The summed E-state index contributed by atoms with van der Waals surface area (Å²) in [6, 6.07) is 0. The van der Waals surface area contributed by atoms with Crippen molar-refractivity contribution < 1.29 is 8.42 Å². The molecule has 6 nitrogen and oxygen atoms in total. The number of likely N-dealkylation sites (N-methyl/N-ethyl adjacent to an activating group) is 1. The van der Waals surface area contributed by atoms with Gasteiger partial charge in [-0.3, -0.25) is 4.90 Å². The Labute approximate surface area is 152 Å². The van der Waals surface area contributed by atoms with Crippen molar-refractivity contribution in [1.82, 2.24) is 19.6 Å². The Bertz CT molecular complexity index is 492. The Morgan fingerprint density at radius 1 is 1.00 bits per heavy atom. The van der Waals surface area contributed by atoms with E-state index < -0.39 is 10.3 Å². The minimum Gasteiger partial charge on any atom is -0.305 e. The summed E-state index contributed by atoms with van der Waals surface area (Å²) >= 11 is 6.68. The van der Waals surface area contributed by atoms with Crippen molar-refractivity contribution in [1.29, 1.82) is 0 Å². The summed E-state index contributed by atoms with van der Waals surface area (Å²) in [6.45, 7) is 10.2. The largest absolute Gasteiger partial charge is 0.305 e. The van der Waals surface area contributed by atoms with E-state index in [2.05, 4.69) is 26.6 Å². The molecule has 0 aliphatic carbocycles. The number of hydrogen-bond acceptors (Lipinski definition) is 6. The number of rotatable bonds is 3. The lowest BCUT2D eigenvalue weighted by molar-refractivity contribution is 0.118. The highest BCUT2D eigenvalue weighted by molar-refractivity contribution is 7.71. The van der Waals surface area contributed by atoms with Crippen LogP contribution >= 0.6 is 11.6 Å². The molecule has 0 saturated carbocycles. The van der Waals surface area contributed by atoms with Crippen LogP contribution in [0.3, 0.4) is 0 Å². The zero-order valence-corrected chi connectivity index (χ0v) is 16.3. The Morgan fingerprint density at radius 2 is 1.75 bits per heavy atom. The molecular formula is C16H31ClN4O2S. The third-order valence-corrected chi connectivity index (χ3v) is 6.00. The fourth-order valence-corrected chi connectivity index (χ4v) is 3.98. The quantitative estimate of drug-likeness (QED) is 0.399. The summed E-state index contributed by atoms with van der Waals surface area (Å²) in [5.41, 5.74) is 0.0536. The van der Waals surface area contributed by atoms with Gasteiger partial charge < -0.3 is 14.7 Å². The van der Waals surface area contributed by atoms with Gasteiger partial charge in [-0.25, -0.2) is 0 Å². The second-order valence-electron chi connectivity index (χ2n) is 6.82. The van der Waals surface area contributed by atoms with Gasteiger partial charge in [0.25, 0.3) is 0 Å². The average molecular weight is 379 g/mol. The molecule has 2 rings (SSSR count). The third kappa shape index (κ3) is 7.37. The minimum absolute atomic E-state index is 0.0536. The maximum absolute atomic E-state index is 10.7. The van der Waals surface area contributed by atoms with Gasteiger partial charge in [-0.15, -0.1) is 11.6 Å². The molecule has 2 heterocycles. The summed E-state index contributed by atoms with van der Waals surface area (Å²) in [4.78, 5) is 9.69. The van der Waals surface area contributed by atoms with Crippen molar-refractivity contribution in [2.45, 2.75) is 24.8 Å². The number of fused-ring (bicyclic) bond motifs is 3. The van der Waals surface area contributed by atoms with Gasteiger partial charge in [-0.1, -0.05) is 0 Å². The Balaban J connectivity index is 2.00. The third-order valence-electron chi connectivity index (χ3n) is 5.00. The molecule has 2 bridgehead atoms. The SMILES string of the molecule is CN1CCCN2CCN(CCC=S(=O)=O)CCC(Cl)N(CC1)CC2. The molecule has 140 valence electrons. The number of halogens is 1. The van der Waals surface area contributed by atoms with Crippen LogP contribution in [0.5, 0.6) is 0 Å². The van der Waals surface area contributed by atoms with E-state index >= 15 is 0 Å². The summed E-state index contributed by atoms with van der Waals surface area (Å²) < 4.78 is 21.4. The molecule has 3 unspecified atom stereocenters. The van der Waals surface area contributed by atoms with E-state index in [0.717, 1.165) is 71.9 Å². The lowest BCUT2D eigenvalue weighted by Crippen LogP contribution is -2.48. The first-order valence-corrected chi connectivity index (χ1v) is 10.5. The van der Waals surface area contributed by atoms with Crippen LogP contribution in [0, 0.1) is 0 Å². The zero-order chi connectivity index (χ0) is 17.4. The van der Waals surface area contributed by atoms with Crippen LogP contribution in [0.25, 0.3) is 0 Å². The van der Waals surface area contributed by atoms with Crippen molar-refractivity contribution in [2.24, 2.45) is 0 Å². The predicted octanol–water partition coefficient (Wildman–Crippen LogP) is 0.268. The first-order valence-electron chi connectivity index (χ1n) is 8.97. The number of nitrogens with zero attached hydrogens (tertiary/aromatic N) is 4. The average Bonchev–Trinajstić information content (AvgIpc) is 2.55. The molecule has 0 amide bonds. The maximum atomic E-state index is 10.7. The van der Waals surface area contributed by atoms with Crippen molar-refractivity contribution >= 4 is 27.3 Å². The van der Waals surface area contributed by atoms with Gasteiger partial charge in [-0.2, -0.15) is 8.42 Å². The van der Waals surface area contributed by atoms with Crippen molar-refractivity contribution in [3.05, 3.63) is 0 Å². The first-order chi connectivity index (χ1) is 11.5. The van der Waals surface area contributed by atoms with E-state index in [9.17, 15) is 8.42 Å². The molecule has 0 spiro atoms. The minimum atomic E-state index is -2.06. The highest BCUT2D eigenvalue weighted by Gasteiger charge is 2.22. The monoisotopic (exact) mass is 378 g/mol. The summed E-state index contributed by atoms with van der Waals surface area (Å²) in [5.74, 6) is 0. The standard InChI is InChI=1S/C16H31ClN4O2S/c1-18-5-2-6-20-11-10-19(7-3-15-24(22)23)8-4-16(17)21(13-9-18)14-12-20/h15-16H,2-14H2,1H3. The molecule has 2 saturated heterocycles. The molecule has 3 atom stereocenters. The molecule has 8 heteroatoms. The summed E-state index contributed by atoms with van der Waals surface area (Å²) in [7, 11) is 0.136. The van der Waals surface area contributed by atoms with Crippen molar-refractivity contribution in [3.63, 3.8) is 0 Å². The fraction of sp³-hybridized carbons (Fsp3) is 0.938. The van der Waals surface area contributed by atoms with E-state index in [-0.39, 0.29) is 5.50 Å². The fourth-order valence-electron chi connectivity index (χ4n) is 3.39. The molecular weight excluding hydrogens is 348 g/mol. The number of alkyl halides is 1. The highest BCUT2D eigenvalue weighted by Crippen LogP contribution is 2.14. The van der Waals surface area contributed by atoms with Crippen LogP contribution in [0.2, 0.25) is 0 Å². The van der Waals surface area contributed by atoms with Crippen LogP contribution in [0.4, 0.5) is 0 Å². The van der Waals surface area contributed by atoms with Crippen LogP contribution in [-0.4, -0.2) is 111 Å². The molecule has 2 aliphatic heterocycles. The molecule has 0 radical (unpaired) electrons. The zero-order valence-electron chi connectivity index (χ0n) is 14.7. The van der Waals surface area contributed by atoms with Gasteiger partial charge in [-0.05, 0) is 39.4 Å². The second-order valence-corrected chi connectivity index (χ2v) is 8.17.